The molecule has 0 amide bonds. The second-order valence-corrected chi connectivity index (χ2v) is 6.73. The van der Waals surface area contributed by atoms with Crippen molar-refractivity contribution >= 4 is 29.3 Å². The molecule has 2 N–H and O–H groups in total. The summed E-state index contributed by atoms with van der Waals surface area (Å²) in [6, 6.07) is 0. The van der Waals surface area contributed by atoms with E-state index < -0.39 is 29.3 Å². The van der Waals surface area contributed by atoms with Crippen LogP contribution in [0.15, 0.2) is 0 Å². The number of hydrogen-bond acceptors (Lipinski definition) is 3. The molecule has 0 aliphatic carbocycles. The van der Waals surface area contributed by atoms with Gasteiger partial charge >= 0.3 is 19.5 Å². The summed E-state index contributed by atoms with van der Waals surface area (Å²) < 4.78 is 4.83. The van der Waals surface area contributed by atoms with Crippen LogP contribution in [0, 0.1) is 0 Å². The van der Waals surface area contributed by atoms with E-state index in [-0.39, 0.29) is 0 Å². The number of carbonyl (C=O) groups is 2. The third-order valence-electron chi connectivity index (χ3n) is 1.25. The Morgan fingerprint density at radius 1 is 1.36 bits per heavy atom. The summed E-state index contributed by atoms with van der Waals surface area (Å²) in [6.07, 6.45) is 0. The highest BCUT2D eigenvalue weighted by molar-refractivity contribution is 7.19. The fraction of sp³-hybridized carbons (Fsp3) is 0.500. The second kappa shape index (κ2) is 3.65. The van der Waals surface area contributed by atoms with Gasteiger partial charge in [0.15, 0.2) is 0 Å². The number of hydrogen-bond donors (Lipinski definition) is 2. The lowest BCUT2D eigenvalue weighted by atomic mass is 11.5. The fourth-order valence-electron chi connectivity index (χ4n) is 0.504. The Bertz CT molecular complexity index is 165. The summed E-state index contributed by atoms with van der Waals surface area (Å²) in [5.74, 6) is 0. The maximum absolute atomic E-state index is 10.4. The van der Waals surface area contributed by atoms with Crippen molar-refractivity contribution in [1.29, 1.82) is 0 Å². The van der Waals surface area contributed by atoms with Crippen LogP contribution in [0.2, 0.25) is 13.1 Å². The van der Waals surface area contributed by atoms with Gasteiger partial charge in [-0.3, -0.25) is 9.59 Å². The van der Waals surface area contributed by atoms with Gasteiger partial charge in [-0.15, -0.1) is 0 Å². The highest BCUT2D eigenvalue weighted by atomic mass is 28.4. The van der Waals surface area contributed by atoms with Crippen molar-refractivity contribution in [1.82, 2.24) is 0 Å². The van der Waals surface area contributed by atoms with Gasteiger partial charge in [0.25, 0.3) is 0 Å². The van der Waals surface area contributed by atoms with Gasteiger partial charge in [-0.05, 0) is 6.55 Å². The van der Waals surface area contributed by atoms with E-state index >= 15 is 0 Å². The normalized spacial score (nSPS) is 12.2. The van der Waals surface area contributed by atoms with Crippen molar-refractivity contribution in [2.24, 2.45) is 0 Å². The first kappa shape index (κ1) is 10.3. The van der Waals surface area contributed by atoms with E-state index in [1.807, 2.05) is 0 Å². The molecule has 0 unspecified atom stereocenters. The molecule has 0 rings (SSSR count). The molecule has 0 aromatic rings. The van der Waals surface area contributed by atoms with Gasteiger partial charge in [-0.2, -0.15) is 0 Å². The Balaban J connectivity index is 4.52. The average molecular weight is 194 g/mol. The third kappa shape index (κ3) is 2.14. The lowest BCUT2D eigenvalue weighted by Gasteiger charge is -2.15. The topological polar surface area (TPSA) is 83.8 Å². The molecule has 0 bridgehead atoms. The highest BCUT2D eigenvalue weighted by Crippen LogP contribution is 2.06. The van der Waals surface area contributed by atoms with E-state index in [1.165, 1.54) is 6.55 Å². The van der Waals surface area contributed by atoms with Crippen LogP contribution in [-0.4, -0.2) is 39.5 Å². The molecule has 11 heavy (non-hydrogen) atoms. The van der Waals surface area contributed by atoms with Crippen molar-refractivity contribution in [3.63, 3.8) is 0 Å². The van der Waals surface area contributed by atoms with Crippen LogP contribution in [-0.2, 0) is 4.12 Å². The Morgan fingerprint density at radius 3 is 1.82 bits per heavy atom. The zero-order valence-electron chi connectivity index (χ0n) is 6.33. The molecule has 64 valence electrons. The minimum Gasteiger partial charge on any atom is -0.483 e. The molecular formula is C4H10O5Si2. The molecule has 0 aromatic carbocycles. The molecule has 0 aliphatic rings. The van der Waals surface area contributed by atoms with Gasteiger partial charge in [0.05, 0.1) is 0 Å². The maximum Gasteiger partial charge on any atom is 0.427 e. The summed E-state index contributed by atoms with van der Waals surface area (Å²) >= 11 is 0. The second-order valence-electron chi connectivity index (χ2n) is 2.08. The van der Waals surface area contributed by atoms with Gasteiger partial charge in [-0.25, -0.2) is 0 Å². The molecule has 0 aromatic heterocycles. The maximum atomic E-state index is 10.4. The van der Waals surface area contributed by atoms with Crippen LogP contribution in [0.1, 0.15) is 0 Å². The van der Waals surface area contributed by atoms with Crippen molar-refractivity contribution in [3.8, 4) is 0 Å². The standard InChI is InChI=1S/C4H10O5Si2/c1-10-9-11(2,3(5)6)4(7)8/h10H2,1-2H3,(H,5,6)(H,7,8). The van der Waals surface area contributed by atoms with Crippen molar-refractivity contribution in [2.45, 2.75) is 13.1 Å². The van der Waals surface area contributed by atoms with Gasteiger partial charge in [0.2, 0.25) is 0 Å². The first-order valence-electron chi connectivity index (χ1n) is 3.06. The average Bonchev–Trinajstić information content (AvgIpc) is 1.87. The van der Waals surface area contributed by atoms with E-state index in [1.54, 1.807) is 6.55 Å². The fourth-order valence-corrected chi connectivity index (χ4v) is 3.98. The molecule has 0 saturated carbocycles. The van der Waals surface area contributed by atoms with Gasteiger partial charge in [0, 0.05) is 0 Å². The van der Waals surface area contributed by atoms with E-state index in [2.05, 4.69) is 0 Å². The summed E-state index contributed by atoms with van der Waals surface area (Å²) in [6.45, 7) is 2.88. The number of carboxylic acid groups (broad SMARTS) is 2. The molecule has 0 heterocycles. The SMILES string of the molecule is C[SiH2]O[Si](C)(C(=O)O)C(=O)O. The zero-order chi connectivity index (χ0) is 9.07. The molecular weight excluding hydrogens is 184 g/mol. The molecule has 0 atom stereocenters. The third-order valence-corrected chi connectivity index (χ3v) is 6.35. The van der Waals surface area contributed by atoms with Gasteiger partial charge in [-0.1, -0.05) is 6.55 Å². The smallest absolute Gasteiger partial charge is 0.427 e. The first-order valence-corrected chi connectivity index (χ1v) is 7.46. The minimum atomic E-state index is -3.51. The summed E-state index contributed by atoms with van der Waals surface area (Å²) in [7, 11) is -4.48. The quantitative estimate of drug-likeness (QED) is 0.626. The molecule has 0 radical (unpaired) electrons. The lowest BCUT2D eigenvalue weighted by molar-refractivity contribution is 0.203. The Labute approximate surface area is 67.1 Å². The van der Waals surface area contributed by atoms with Crippen LogP contribution in [0.4, 0.5) is 9.59 Å². The molecule has 5 nitrogen and oxygen atoms in total. The predicted molar refractivity (Wildman–Crippen MR) is 43.2 cm³/mol. The minimum absolute atomic E-state index is 0.976. The van der Waals surface area contributed by atoms with Crippen LogP contribution in [0.3, 0.4) is 0 Å². The Morgan fingerprint density at radius 2 is 1.73 bits per heavy atom. The molecule has 7 heteroatoms. The van der Waals surface area contributed by atoms with Crippen LogP contribution in [0.25, 0.3) is 0 Å². The lowest BCUT2D eigenvalue weighted by Crippen LogP contribution is -2.51. The zero-order valence-corrected chi connectivity index (χ0v) is 8.74. The van der Waals surface area contributed by atoms with Crippen LogP contribution >= 0.6 is 0 Å². The van der Waals surface area contributed by atoms with Gasteiger partial charge in [0.1, 0.15) is 9.76 Å². The summed E-state index contributed by atoms with van der Waals surface area (Å²) in [5, 5.41) is 17.0. The summed E-state index contributed by atoms with van der Waals surface area (Å²) in [5.41, 5.74) is -2.64. The van der Waals surface area contributed by atoms with E-state index in [0.717, 1.165) is 0 Å². The van der Waals surface area contributed by atoms with E-state index in [9.17, 15) is 9.59 Å². The monoisotopic (exact) mass is 194 g/mol. The Hall–Kier alpha value is -0.666. The Kier molecular flexibility index (Phi) is 3.43. The highest BCUT2D eigenvalue weighted by Gasteiger charge is 2.47. The number of rotatable bonds is 4. The van der Waals surface area contributed by atoms with E-state index in [0.29, 0.717) is 0 Å². The van der Waals surface area contributed by atoms with Crippen LogP contribution in [0.5, 0.6) is 0 Å². The van der Waals surface area contributed by atoms with Crippen molar-refractivity contribution in [2.75, 3.05) is 0 Å². The largest absolute Gasteiger partial charge is 0.483 e. The van der Waals surface area contributed by atoms with E-state index in [4.69, 9.17) is 14.3 Å². The summed E-state index contributed by atoms with van der Waals surface area (Å²) in [4.78, 5) is 20.9. The van der Waals surface area contributed by atoms with Gasteiger partial charge < -0.3 is 14.3 Å². The van der Waals surface area contributed by atoms with Crippen molar-refractivity contribution < 1.29 is 23.9 Å². The molecule has 0 saturated heterocycles. The molecule has 0 fully saturated rings. The first-order chi connectivity index (χ1) is 4.95. The predicted octanol–water partition coefficient (Wildman–Crippen LogP) is 0.230. The van der Waals surface area contributed by atoms with Crippen LogP contribution < -0.4 is 0 Å². The molecule has 0 spiro atoms. The molecule has 0 aliphatic heterocycles. The van der Waals surface area contributed by atoms with Crippen molar-refractivity contribution in [3.05, 3.63) is 0 Å².